The van der Waals surface area contributed by atoms with E-state index in [-0.39, 0.29) is 24.6 Å². The highest BCUT2D eigenvalue weighted by molar-refractivity contribution is 5.76. The van der Waals surface area contributed by atoms with Crippen LogP contribution in [0.25, 0.3) is 0 Å². The molecular weight excluding hydrogens is 410 g/mol. The van der Waals surface area contributed by atoms with Crippen molar-refractivity contribution in [1.29, 1.82) is 0 Å². The van der Waals surface area contributed by atoms with E-state index in [0.717, 1.165) is 11.1 Å². The summed E-state index contributed by atoms with van der Waals surface area (Å²) in [6.45, 7) is 1.05. The molecular formula is C24H25N3O5. The van der Waals surface area contributed by atoms with Gasteiger partial charge < -0.3 is 20.1 Å². The van der Waals surface area contributed by atoms with Gasteiger partial charge >= 0.3 is 0 Å². The zero-order chi connectivity index (χ0) is 22.8. The topological polar surface area (TPSA) is 103 Å². The third kappa shape index (κ3) is 6.46. The molecule has 0 spiro atoms. The van der Waals surface area contributed by atoms with Crippen LogP contribution in [-0.2, 0) is 17.9 Å². The van der Waals surface area contributed by atoms with E-state index in [4.69, 9.17) is 9.47 Å². The van der Waals surface area contributed by atoms with Crippen molar-refractivity contribution in [3.8, 4) is 11.5 Å². The Balaban J connectivity index is 1.47. The number of carbonyl (C=O) groups is 1. The van der Waals surface area contributed by atoms with Crippen molar-refractivity contribution in [2.75, 3.05) is 19.0 Å². The van der Waals surface area contributed by atoms with Crippen LogP contribution in [-0.4, -0.2) is 24.5 Å². The Labute approximate surface area is 186 Å². The standard InChI is InChI=1S/C24H25N3O5/c1-31-23-15-19(11-12-22(23)32-17-18-7-3-2-4-8-18)16-26-24(28)13-14-25-20-9-5-6-10-21(20)27(29)30/h2-12,15,25H,13-14,16-17H2,1H3,(H,26,28). The largest absolute Gasteiger partial charge is 0.493 e. The second kappa shape index (κ2) is 11.4. The maximum Gasteiger partial charge on any atom is 0.292 e. The molecule has 0 heterocycles. The van der Waals surface area contributed by atoms with Crippen molar-refractivity contribution in [2.45, 2.75) is 19.6 Å². The van der Waals surface area contributed by atoms with Gasteiger partial charge in [0, 0.05) is 25.6 Å². The fourth-order valence-electron chi connectivity index (χ4n) is 3.06. The lowest BCUT2D eigenvalue weighted by molar-refractivity contribution is -0.384. The first-order valence-electron chi connectivity index (χ1n) is 10.1. The number of benzene rings is 3. The second-order valence-corrected chi connectivity index (χ2v) is 6.99. The predicted molar refractivity (Wildman–Crippen MR) is 122 cm³/mol. The highest BCUT2D eigenvalue weighted by Gasteiger charge is 2.12. The number of hydrogen-bond acceptors (Lipinski definition) is 6. The van der Waals surface area contributed by atoms with Gasteiger partial charge in [0.05, 0.1) is 12.0 Å². The minimum atomic E-state index is -0.455. The van der Waals surface area contributed by atoms with Gasteiger partial charge in [0.1, 0.15) is 12.3 Å². The smallest absolute Gasteiger partial charge is 0.292 e. The maximum atomic E-state index is 12.2. The molecule has 0 aliphatic rings. The molecule has 0 aliphatic carbocycles. The molecule has 1 amide bonds. The van der Waals surface area contributed by atoms with Crippen LogP contribution in [0, 0.1) is 10.1 Å². The molecule has 0 unspecified atom stereocenters. The van der Waals surface area contributed by atoms with Gasteiger partial charge in [-0.05, 0) is 29.3 Å². The molecule has 0 aliphatic heterocycles. The summed E-state index contributed by atoms with van der Waals surface area (Å²) in [5.74, 6) is 1.05. The molecule has 3 aromatic carbocycles. The number of para-hydroxylation sites is 2. The Kier molecular flexibility index (Phi) is 8.02. The average molecular weight is 435 g/mol. The van der Waals surface area contributed by atoms with E-state index in [0.29, 0.717) is 30.3 Å². The first-order valence-corrected chi connectivity index (χ1v) is 10.1. The summed E-state index contributed by atoms with van der Waals surface area (Å²) in [4.78, 5) is 22.7. The molecule has 3 aromatic rings. The molecule has 0 saturated heterocycles. The molecule has 8 heteroatoms. The highest BCUT2D eigenvalue weighted by Crippen LogP contribution is 2.29. The summed E-state index contributed by atoms with van der Waals surface area (Å²) in [6.07, 6.45) is 0.182. The van der Waals surface area contributed by atoms with E-state index < -0.39 is 4.92 Å². The molecule has 0 bridgehead atoms. The highest BCUT2D eigenvalue weighted by atomic mass is 16.6. The van der Waals surface area contributed by atoms with E-state index in [1.165, 1.54) is 6.07 Å². The van der Waals surface area contributed by atoms with Gasteiger partial charge in [0.15, 0.2) is 11.5 Å². The number of rotatable bonds is 11. The number of anilines is 1. The van der Waals surface area contributed by atoms with Crippen molar-refractivity contribution in [2.24, 2.45) is 0 Å². The second-order valence-electron chi connectivity index (χ2n) is 6.99. The van der Waals surface area contributed by atoms with Crippen LogP contribution >= 0.6 is 0 Å². The summed E-state index contributed by atoms with van der Waals surface area (Å²) in [6, 6.07) is 21.7. The number of amides is 1. The Hall–Kier alpha value is -4.07. The van der Waals surface area contributed by atoms with Gasteiger partial charge in [-0.15, -0.1) is 0 Å². The van der Waals surface area contributed by atoms with E-state index in [1.54, 1.807) is 25.3 Å². The van der Waals surface area contributed by atoms with Crippen molar-refractivity contribution >= 4 is 17.3 Å². The fourth-order valence-corrected chi connectivity index (χ4v) is 3.06. The van der Waals surface area contributed by atoms with E-state index in [1.807, 2.05) is 48.5 Å². The molecule has 32 heavy (non-hydrogen) atoms. The summed E-state index contributed by atoms with van der Waals surface area (Å²) in [5, 5.41) is 16.8. The van der Waals surface area contributed by atoms with E-state index >= 15 is 0 Å². The van der Waals surface area contributed by atoms with Gasteiger partial charge in [-0.3, -0.25) is 14.9 Å². The molecule has 3 rings (SSSR count). The van der Waals surface area contributed by atoms with Crippen molar-refractivity contribution < 1.29 is 19.2 Å². The minimum Gasteiger partial charge on any atom is -0.493 e. The first-order chi connectivity index (χ1) is 15.6. The molecule has 0 fully saturated rings. The Morgan fingerprint density at radius 3 is 2.47 bits per heavy atom. The summed E-state index contributed by atoms with van der Waals surface area (Å²) < 4.78 is 11.3. The molecule has 0 atom stereocenters. The van der Waals surface area contributed by atoms with Crippen molar-refractivity contribution in [3.63, 3.8) is 0 Å². The quantitative estimate of drug-likeness (QED) is 0.344. The van der Waals surface area contributed by atoms with E-state index in [2.05, 4.69) is 10.6 Å². The molecule has 0 saturated carbocycles. The Morgan fingerprint density at radius 2 is 1.72 bits per heavy atom. The van der Waals surface area contributed by atoms with Crippen molar-refractivity contribution in [1.82, 2.24) is 5.32 Å². The summed E-state index contributed by atoms with van der Waals surface area (Å²) in [5.41, 5.74) is 2.30. The zero-order valence-corrected chi connectivity index (χ0v) is 17.7. The molecule has 0 aromatic heterocycles. The number of nitrogens with zero attached hydrogens (tertiary/aromatic N) is 1. The molecule has 166 valence electrons. The van der Waals surface area contributed by atoms with E-state index in [9.17, 15) is 14.9 Å². The third-order valence-electron chi connectivity index (χ3n) is 4.72. The van der Waals surface area contributed by atoms with Gasteiger partial charge in [-0.2, -0.15) is 0 Å². The number of hydrogen-bond donors (Lipinski definition) is 2. The summed E-state index contributed by atoms with van der Waals surface area (Å²) in [7, 11) is 1.57. The third-order valence-corrected chi connectivity index (χ3v) is 4.72. The number of carbonyl (C=O) groups excluding carboxylic acids is 1. The number of nitro benzene ring substituents is 1. The zero-order valence-electron chi connectivity index (χ0n) is 17.7. The minimum absolute atomic E-state index is 0.0189. The summed E-state index contributed by atoms with van der Waals surface area (Å²) >= 11 is 0. The van der Waals surface area contributed by atoms with Gasteiger partial charge in [-0.25, -0.2) is 0 Å². The van der Waals surface area contributed by atoms with Crippen LogP contribution < -0.4 is 20.1 Å². The number of ether oxygens (including phenoxy) is 2. The first kappa shape index (κ1) is 22.6. The van der Waals surface area contributed by atoms with Gasteiger partial charge in [-0.1, -0.05) is 48.5 Å². The fraction of sp³-hybridized carbons (Fsp3) is 0.208. The van der Waals surface area contributed by atoms with Crippen LogP contribution in [0.15, 0.2) is 72.8 Å². The lowest BCUT2D eigenvalue weighted by Gasteiger charge is -2.13. The molecule has 2 N–H and O–H groups in total. The normalized spacial score (nSPS) is 10.3. The van der Waals surface area contributed by atoms with Crippen LogP contribution in [0.4, 0.5) is 11.4 Å². The van der Waals surface area contributed by atoms with Crippen LogP contribution in [0.3, 0.4) is 0 Å². The number of nitrogens with one attached hydrogen (secondary N) is 2. The molecule has 8 nitrogen and oxygen atoms in total. The Bertz CT molecular complexity index is 1060. The lowest BCUT2D eigenvalue weighted by atomic mass is 10.2. The predicted octanol–water partition coefficient (Wildman–Crippen LogP) is 4.30. The van der Waals surface area contributed by atoms with Gasteiger partial charge in [0.25, 0.3) is 5.69 Å². The maximum absolute atomic E-state index is 12.2. The SMILES string of the molecule is COc1cc(CNC(=O)CCNc2ccccc2[N+](=O)[O-])ccc1OCc1ccccc1. The van der Waals surface area contributed by atoms with Crippen LogP contribution in [0.2, 0.25) is 0 Å². The van der Waals surface area contributed by atoms with Crippen molar-refractivity contribution in [3.05, 3.63) is 94.0 Å². The van der Waals surface area contributed by atoms with Crippen LogP contribution in [0.1, 0.15) is 17.5 Å². The van der Waals surface area contributed by atoms with Crippen LogP contribution in [0.5, 0.6) is 11.5 Å². The molecule has 0 radical (unpaired) electrons. The lowest BCUT2D eigenvalue weighted by Crippen LogP contribution is -2.25. The van der Waals surface area contributed by atoms with Gasteiger partial charge in [0.2, 0.25) is 5.91 Å². The monoisotopic (exact) mass is 435 g/mol. The number of nitro groups is 1. The average Bonchev–Trinajstić information content (AvgIpc) is 2.82. The number of methoxy groups -OCH3 is 1. The Morgan fingerprint density at radius 1 is 0.969 bits per heavy atom.